The predicted molar refractivity (Wildman–Crippen MR) is 150 cm³/mol. The Kier molecular flexibility index (Phi) is 6.47. The monoisotopic (exact) mass is 576 g/mol. The van der Waals surface area contributed by atoms with Gasteiger partial charge < -0.3 is 45.1 Å². The summed E-state index contributed by atoms with van der Waals surface area (Å²) in [5.74, 6) is 0.621. The highest BCUT2D eigenvalue weighted by Crippen LogP contribution is 2.34. The summed E-state index contributed by atoms with van der Waals surface area (Å²) in [6, 6.07) is 2.90. The summed E-state index contributed by atoms with van der Waals surface area (Å²) in [4.78, 5) is 31.9. The minimum atomic E-state index is -0.758. The quantitative estimate of drug-likeness (QED) is 0.217. The molecule has 218 valence electrons. The molecule has 1 aliphatic carbocycles. The van der Waals surface area contributed by atoms with E-state index in [4.69, 9.17) is 29.6 Å². The number of hydrogen-bond donors (Lipinski definition) is 4. The number of hydrogen-bond acceptors (Lipinski definition) is 14. The lowest BCUT2D eigenvalue weighted by atomic mass is 9.91. The summed E-state index contributed by atoms with van der Waals surface area (Å²) >= 11 is 0. The number of rotatable bonds is 7. The zero-order valence-corrected chi connectivity index (χ0v) is 22.4. The van der Waals surface area contributed by atoms with E-state index in [0.717, 1.165) is 25.7 Å². The third kappa shape index (κ3) is 4.59. The molecule has 2 atom stereocenters. The van der Waals surface area contributed by atoms with Crippen molar-refractivity contribution in [2.75, 3.05) is 41.8 Å². The number of nitrogens with zero attached hydrogens (tertiary/aromatic N) is 6. The second-order valence-electron chi connectivity index (χ2n) is 10.3. The summed E-state index contributed by atoms with van der Waals surface area (Å²) in [6.45, 7) is 2.24. The van der Waals surface area contributed by atoms with Gasteiger partial charge in [0.1, 0.15) is 23.7 Å². The van der Waals surface area contributed by atoms with Crippen molar-refractivity contribution in [2.45, 2.75) is 37.8 Å². The lowest BCUT2D eigenvalue weighted by Crippen LogP contribution is -2.43. The molecule has 7 rings (SSSR count). The molecule has 0 bridgehead atoms. The van der Waals surface area contributed by atoms with Crippen molar-refractivity contribution < 1.29 is 22.9 Å². The lowest BCUT2D eigenvalue weighted by Gasteiger charge is -2.30. The number of carbonyl (C=O) groups is 1. The zero-order valence-electron chi connectivity index (χ0n) is 22.4. The zero-order chi connectivity index (χ0) is 28.8. The Labute approximate surface area is 237 Å². The van der Waals surface area contributed by atoms with Gasteiger partial charge in [-0.3, -0.25) is 14.0 Å². The minimum Gasteiger partial charge on any atom is -0.456 e. The number of aromatic nitrogens is 5. The third-order valence-corrected chi connectivity index (χ3v) is 7.61. The Morgan fingerprint density at radius 3 is 2.76 bits per heavy atom. The van der Waals surface area contributed by atoms with Crippen LogP contribution < -0.4 is 32.4 Å². The molecule has 0 spiro atoms. The summed E-state index contributed by atoms with van der Waals surface area (Å²) in [6.07, 6.45) is 6.70. The van der Waals surface area contributed by atoms with E-state index in [-0.39, 0.29) is 57.3 Å². The molecule has 2 fully saturated rings. The van der Waals surface area contributed by atoms with E-state index in [1.807, 2.05) is 4.90 Å². The maximum Gasteiger partial charge on any atom is 0.256 e. The first-order chi connectivity index (χ1) is 20.5. The molecular weight excluding hydrogens is 548 g/mol. The van der Waals surface area contributed by atoms with Crippen LogP contribution in [0.4, 0.5) is 23.5 Å². The number of fused-ring (bicyclic) bond motifs is 2. The smallest absolute Gasteiger partial charge is 0.256 e. The summed E-state index contributed by atoms with van der Waals surface area (Å²) in [5, 5.41) is 18.5. The van der Waals surface area contributed by atoms with Crippen LogP contribution in [0.2, 0.25) is 0 Å². The molecule has 1 saturated carbocycles. The fourth-order valence-electron chi connectivity index (χ4n) is 5.43. The van der Waals surface area contributed by atoms with Crippen LogP contribution in [0.1, 0.15) is 36.0 Å². The van der Waals surface area contributed by atoms with Crippen molar-refractivity contribution in [3.63, 3.8) is 0 Å². The van der Waals surface area contributed by atoms with Crippen LogP contribution in [-0.2, 0) is 4.74 Å². The molecule has 5 aromatic rings. The van der Waals surface area contributed by atoms with Gasteiger partial charge in [0.05, 0.1) is 19.3 Å². The topological polar surface area (TPSA) is 218 Å². The van der Waals surface area contributed by atoms with E-state index in [1.165, 1.54) is 18.7 Å². The van der Waals surface area contributed by atoms with Crippen molar-refractivity contribution >= 4 is 46.2 Å². The van der Waals surface area contributed by atoms with Gasteiger partial charge in [0, 0.05) is 31.2 Å². The molecular formula is C26H28N10O6. The fraction of sp³-hybridized carbons (Fsp3) is 0.385. The number of anilines is 4. The standard InChI is InChI=1S/C26H28N10O6/c27-14-3-1-2-4-15(14)30-26-32-24(20(23(28)38)25-33-29-12-36(25)26)31-18-10-17(42-34-18)13-11-40-22-16(37)9-19(41-21(13)22)35-5-7-39-8-6-35/h9-12,14-15H,1-8,27H2,(H2,28,38)(H,30,32)(H,31,34)/t14-,15+/m1/s1. The summed E-state index contributed by atoms with van der Waals surface area (Å²) in [7, 11) is 0. The highest BCUT2D eigenvalue weighted by molar-refractivity contribution is 6.04. The van der Waals surface area contributed by atoms with E-state index >= 15 is 0 Å². The van der Waals surface area contributed by atoms with E-state index < -0.39 is 5.91 Å². The predicted octanol–water partition coefficient (Wildman–Crippen LogP) is 1.84. The van der Waals surface area contributed by atoms with Gasteiger partial charge in [-0.2, -0.15) is 4.98 Å². The van der Waals surface area contributed by atoms with Gasteiger partial charge in [-0.25, -0.2) is 0 Å². The maximum absolute atomic E-state index is 12.8. The fourth-order valence-corrected chi connectivity index (χ4v) is 5.43. The van der Waals surface area contributed by atoms with E-state index in [2.05, 4.69) is 31.0 Å². The molecule has 5 aromatic heterocycles. The molecule has 42 heavy (non-hydrogen) atoms. The third-order valence-electron chi connectivity index (χ3n) is 7.61. The Morgan fingerprint density at radius 2 is 1.95 bits per heavy atom. The van der Waals surface area contributed by atoms with Crippen LogP contribution in [-0.4, -0.2) is 69.0 Å². The first kappa shape index (κ1) is 26.0. The van der Waals surface area contributed by atoms with E-state index in [1.54, 1.807) is 10.5 Å². The van der Waals surface area contributed by atoms with Gasteiger partial charge in [0.15, 0.2) is 34.5 Å². The van der Waals surface area contributed by atoms with Crippen LogP contribution in [0, 0.1) is 0 Å². The minimum absolute atomic E-state index is 0.0189. The number of furan rings is 1. The molecule has 1 amide bonds. The van der Waals surface area contributed by atoms with Crippen molar-refractivity contribution in [3.05, 3.63) is 40.5 Å². The van der Waals surface area contributed by atoms with E-state index in [9.17, 15) is 9.59 Å². The van der Waals surface area contributed by atoms with Gasteiger partial charge in [-0.1, -0.05) is 18.0 Å². The van der Waals surface area contributed by atoms with Gasteiger partial charge in [-0.05, 0) is 12.8 Å². The number of primary amides is 1. The van der Waals surface area contributed by atoms with Gasteiger partial charge in [0.2, 0.25) is 17.0 Å². The SMILES string of the molecule is NC(=O)c1c(Nc2cc(-c3coc4c(=O)cc(N5CCOCC5)oc34)on2)nc(N[C@H]2CCCC[C@H]2N)n2cnnc12. The number of morpholine rings is 1. The van der Waals surface area contributed by atoms with Crippen LogP contribution >= 0.6 is 0 Å². The van der Waals surface area contributed by atoms with Gasteiger partial charge in [0.25, 0.3) is 5.91 Å². The highest BCUT2D eigenvalue weighted by Gasteiger charge is 2.27. The van der Waals surface area contributed by atoms with Crippen molar-refractivity contribution in [3.8, 4) is 11.3 Å². The Hall–Kier alpha value is -4.96. The molecule has 0 aromatic carbocycles. The Balaban J connectivity index is 1.23. The molecule has 0 unspecified atom stereocenters. The average Bonchev–Trinajstić information content (AvgIpc) is 3.75. The van der Waals surface area contributed by atoms with Crippen LogP contribution in [0.5, 0.6) is 0 Å². The number of nitrogens with one attached hydrogen (secondary N) is 2. The summed E-state index contributed by atoms with van der Waals surface area (Å²) in [5.41, 5.74) is 12.7. The molecule has 1 saturated heterocycles. The molecule has 16 nitrogen and oxygen atoms in total. The number of amides is 1. The molecule has 2 aliphatic rings. The molecule has 1 aliphatic heterocycles. The molecule has 16 heteroatoms. The second kappa shape index (κ2) is 10.5. The van der Waals surface area contributed by atoms with Crippen LogP contribution in [0.15, 0.2) is 42.9 Å². The van der Waals surface area contributed by atoms with Crippen molar-refractivity contribution in [1.29, 1.82) is 0 Å². The number of nitrogens with two attached hydrogens (primary N) is 2. The normalized spacial score (nSPS) is 19.4. The van der Waals surface area contributed by atoms with Crippen LogP contribution in [0.25, 0.3) is 28.1 Å². The van der Waals surface area contributed by atoms with E-state index in [0.29, 0.717) is 43.7 Å². The number of carbonyl (C=O) groups excluding carboxylic acids is 1. The first-order valence-electron chi connectivity index (χ1n) is 13.6. The first-order valence-corrected chi connectivity index (χ1v) is 13.6. The van der Waals surface area contributed by atoms with Crippen LogP contribution in [0.3, 0.4) is 0 Å². The second-order valence-corrected chi connectivity index (χ2v) is 10.3. The summed E-state index contributed by atoms with van der Waals surface area (Å²) < 4.78 is 24.1. The van der Waals surface area contributed by atoms with Crippen molar-refractivity contribution in [1.82, 2.24) is 24.7 Å². The maximum atomic E-state index is 12.8. The Bertz CT molecular complexity index is 1830. The van der Waals surface area contributed by atoms with Crippen molar-refractivity contribution in [2.24, 2.45) is 11.5 Å². The average molecular weight is 577 g/mol. The molecule has 0 radical (unpaired) electrons. The Morgan fingerprint density at radius 1 is 1.12 bits per heavy atom. The molecule has 6 N–H and O–H groups in total. The highest BCUT2D eigenvalue weighted by atomic mass is 16.5. The molecule has 6 heterocycles. The number of ether oxygens (including phenoxy) is 1. The largest absolute Gasteiger partial charge is 0.456 e. The van der Waals surface area contributed by atoms with Gasteiger partial charge >= 0.3 is 0 Å². The lowest BCUT2D eigenvalue weighted by molar-refractivity contribution is 0.100. The van der Waals surface area contributed by atoms with Gasteiger partial charge in [-0.15, -0.1) is 10.2 Å².